The summed E-state index contributed by atoms with van der Waals surface area (Å²) in [5, 5.41) is 12.2. The number of rotatable bonds is 1. The van der Waals surface area contributed by atoms with Crippen molar-refractivity contribution >= 4 is 17.7 Å². The summed E-state index contributed by atoms with van der Waals surface area (Å²) < 4.78 is 0. The molecule has 7 nitrogen and oxygen atoms in total. The van der Waals surface area contributed by atoms with Crippen LogP contribution in [0.25, 0.3) is 0 Å². The number of carbonyl (C=O) groups excluding carboxylic acids is 3. The van der Waals surface area contributed by atoms with Crippen molar-refractivity contribution < 1.29 is 19.5 Å². The molecule has 1 aromatic rings. The van der Waals surface area contributed by atoms with E-state index >= 15 is 0 Å². The molecule has 3 amide bonds. The molecular weight excluding hydrogens is 262 g/mol. The topological polar surface area (TPSA) is 99.6 Å². The van der Waals surface area contributed by atoms with Crippen LogP contribution in [-0.4, -0.2) is 45.0 Å². The van der Waals surface area contributed by atoms with Crippen LogP contribution in [0, 0.1) is 0 Å². The molecular formula is C13H13N3O4. The number of aliphatic hydroxyl groups excluding tert-OH is 1. The Morgan fingerprint density at radius 2 is 2.15 bits per heavy atom. The lowest BCUT2D eigenvalue weighted by Crippen LogP contribution is -2.60. The normalized spacial score (nSPS) is 26.2. The second-order valence-corrected chi connectivity index (χ2v) is 4.88. The van der Waals surface area contributed by atoms with Crippen LogP contribution < -0.4 is 5.32 Å². The van der Waals surface area contributed by atoms with Gasteiger partial charge in [-0.15, -0.1) is 0 Å². The lowest BCUT2D eigenvalue weighted by atomic mass is 9.97. The number of piperidine rings is 1. The first-order chi connectivity index (χ1) is 9.58. The predicted molar refractivity (Wildman–Crippen MR) is 66.3 cm³/mol. The lowest BCUT2D eigenvalue weighted by Gasteiger charge is -2.38. The smallest absolute Gasteiger partial charge is 0.279 e. The van der Waals surface area contributed by atoms with E-state index in [-0.39, 0.29) is 36.8 Å². The summed E-state index contributed by atoms with van der Waals surface area (Å²) in [5.41, 5.74) is 0.823. The summed E-state index contributed by atoms with van der Waals surface area (Å²) in [7, 11) is 0. The summed E-state index contributed by atoms with van der Waals surface area (Å²) in [6.45, 7) is 0. The van der Waals surface area contributed by atoms with Gasteiger partial charge >= 0.3 is 0 Å². The minimum Gasteiger partial charge on any atom is -0.372 e. The van der Waals surface area contributed by atoms with E-state index in [1.165, 1.54) is 6.20 Å². The van der Waals surface area contributed by atoms with Gasteiger partial charge in [-0.3, -0.25) is 24.3 Å². The minimum absolute atomic E-state index is 0.0755. The highest BCUT2D eigenvalue weighted by Crippen LogP contribution is 2.24. The molecule has 0 radical (unpaired) electrons. The second kappa shape index (κ2) is 4.68. The first-order valence-electron chi connectivity index (χ1n) is 6.35. The Hall–Kier alpha value is -2.28. The molecule has 2 aliphatic heterocycles. The van der Waals surface area contributed by atoms with E-state index in [4.69, 9.17) is 0 Å². The molecule has 104 valence electrons. The van der Waals surface area contributed by atoms with Gasteiger partial charge in [0, 0.05) is 12.6 Å². The van der Waals surface area contributed by atoms with Gasteiger partial charge in [0.2, 0.25) is 11.8 Å². The number of carbonyl (C=O) groups is 3. The van der Waals surface area contributed by atoms with Crippen LogP contribution in [0.2, 0.25) is 0 Å². The number of aromatic nitrogens is 1. The molecule has 2 N–H and O–H groups in total. The standard InChI is InChI=1S/C13H13N3O4/c17-9-4-3-8(12(19)15-9)16-10(18)6-7-2-1-5-14-11(7)13(16)20/h1-2,5,8,12,19H,3-4,6H2,(H,15,17). The van der Waals surface area contributed by atoms with Gasteiger partial charge in [-0.25, -0.2) is 0 Å². The third kappa shape index (κ3) is 1.96. The van der Waals surface area contributed by atoms with Gasteiger partial charge in [-0.1, -0.05) is 6.07 Å². The van der Waals surface area contributed by atoms with Crippen LogP contribution in [0.5, 0.6) is 0 Å². The highest BCUT2D eigenvalue weighted by molar-refractivity contribution is 6.09. The van der Waals surface area contributed by atoms with Crippen molar-refractivity contribution in [2.24, 2.45) is 0 Å². The molecule has 0 aromatic carbocycles. The average Bonchev–Trinajstić information content (AvgIpc) is 2.41. The molecule has 2 aliphatic rings. The molecule has 1 aromatic heterocycles. The fourth-order valence-electron chi connectivity index (χ4n) is 2.63. The number of pyridine rings is 1. The largest absolute Gasteiger partial charge is 0.372 e. The van der Waals surface area contributed by atoms with E-state index in [9.17, 15) is 19.5 Å². The first-order valence-corrected chi connectivity index (χ1v) is 6.35. The van der Waals surface area contributed by atoms with E-state index in [2.05, 4.69) is 10.3 Å². The lowest BCUT2D eigenvalue weighted by molar-refractivity contribution is -0.139. The number of nitrogens with one attached hydrogen (secondary N) is 1. The molecule has 1 saturated heterocycles. The van der Waals surface area contributed by atoms with Gasteiger partial charge in [0.25, 0.3) is 5.91 Å². The van der Waals surface area contributed by atoms with Gasteiger partial charge in [0.15, 0.2) is 0 Å². The maximum atomic E-state index is 12.4. The summed E-state index contributed by atoms with van der Waals surface area (Å²) in [6, 6.07) is 2.63. The highest BCUT2D eigenvalue weighted by Gasteiger charge is 2.41. The Morgan fingerprint density at radius 1 is 1.35 bits per heavy atom. The summed E-state index contributed by atoms with van der Waals surface area (Å²) >= 11 is 0. The van der Waals surface area contributed by atoms with Crippen molar-refractivity contribution in [2.45, 2.75) is 31.5 Å². The molecule has 0 saturated carbocycles. The molecule has 1 fully saturated rings. The van der Waals surface area contributed by atoms with Crippen molar-refractivity contribution in [1.29, 1.82) is 0 Å². The fraction of sp³-hybridized carbons (Fsp3) is 0.385. The summed E-state index contributed by atoms with van der Waals surface area (Å²) in [5.74, 6) is -1.18. The monoisotopic (exact) mass is 275 g/mol. The molecule has 0 spiro atoms. The number of amides is 3. The zero-order valence-electron chi connectivity index (χ0n) is 10.6. The molecule has 0 aliphatic carbocycles. The van der Waals surface area contributed by atoms with Crippen LogP contribution in [0.3, 0.4) is 0 Å². The highest BCUT2D eigenvalue weighted by atomic mass is 16.3. The molecule has 2 atom stereocenters. The van der Waals surface area contributed by atoms with E-state index < -0.39 is 18.2 Å². The first kappa shape index (κ1) is 12.7. The third-order valence-electron chi connectivity index (χ3n) is 3.60. The zero-order valence-corrected chi connectivity index (χ0v) is 10.6. The summed E-state index contributed by atoms with van der Waals surface area (Å²) in [4.78, 5) is 40.7. The predicted octanol–water partition coefficient (Wildman–Crippen LogP) is -0.796. The van der Waals surface area contributed by atoms with Gasteiger partial charge in [-0.05, 0) is 18.1 Å². The van der Waals surface area contributed by atoms with E-state index in [0.29, 0.717) is 5.56 Å². The number of hydrogen-bond acceptors (Lipinski definition) is 5. The molecule has 2 unspecified atom stereocenters. The number of imide groups is 1. The van der Waals surface area contributed by atoms with Crippen LogP contribution in [-0.2, 0) is 16.0 Å². The molecule has 7 heteroatoms. The Bertz CT molecular complexity index is 601. The average molecular weight is 275 g/mol. The van der Waals surface area contributed by atoms with Crippen molar-refractivity contribution in [3.63, 3.8) is 0 Å². The quantitative estimate of drug-likeness (QED) is 0.654. The van der Waals surface area contributed by atoms with Gasteiger partial charge in [0.05, 0.1) is 12.5 Å². The Kier molecular flexibility index (Phi) is 2.98. The number of nitrogens with zero attached hydrogens (tertiary/aromatic N) is 2. The Morgan fingerprint density at radius 3 is 2.90 bits per heavy atom. The Labute approximate surface area is 114 Å². The molecule has 0 bridgehead atoms. The van der Waals surface area contributed by atoms with Crippen molar-refractivity contribution in [3.8, 4) is 0 Å². The van der Waals surface area contributed by atoms with Crippen LogP contribution in [0.15, 0.2) is 18.3 Å². The van der Waals surface area contributed by atoms with Crippen molar-refractivity contribution in [3.05, 3.63) is 29.6 Å². The van der Waals surface area contributed by atoms with Crippen LogP contribution >= 0.6 is 0 Å². The Balaban J connectivity index is 1.93. The van der Waals surface area contributed by atoms with Gasteiger partial charge in [0.1, 0.15) is 11.9 Å². The molecule has 3 heterocycles. The van der Waals surface area contributed by atoms with Gasteiger partial charge < -0.3 is 10.4 Å². The summed E-state index contributed by atoms with van der Waals surface area (Å²) in [6.07, 6.45) is 0.769. The van der Waals surface area contributed by atoms with E-state index in [1.807, 2.05) is 0 Å². The fourth-order valence-corrected chi connectivity index (χ4v) is 2.63. The molecule has 20 heavy (non-hydrogen) atoms. The maximum absolute atomic E-state index is 12.4. The number of aliphatic hydroxyl groups is 1. The maximum Gasteiger partial charge on any atom is 0.279 e. The van der Waals surface area contributed by atoms with Crippen molar-refractivity contribution in [1.82, 2.24) is 15.2 Å². The molecule has 3 rings (SSSR count). The minimum atomic E-state index is -1.23. The third-order valence-corrected chi connectivity index (χ3v) is 3.60. The SMILES string of the molecule is O=C1CCC(N2C(=O)Cc3cccnc3C2=O)C(O)N1. The number of fused-ring (bicyclic) bond motifs is 1. The van der Waals surface area contributed by atoms with Crippen molar-refractivity contribution in [2.75, 3.05) is 0 Å². The second-order valence-electron chi connectivity index (χ2n) is 4.88. The van der Waals surface area contributed by atoms with Crippen LogP contribution in [0.4, 0.5) is 0 Å². The van der Waals surface area contributed by atoms with Gasteiger partial charge in [-0.2, -0.15) is 0 Å². The number of hydrogen-bond donors (Lipinski definition) is 2. The van der Waals surface area contributed by atoms with Crippen LogP contribution in [0.1, 0.15) is 28.9 Å². The van der Waals surface area contributed by atoms with E-state index in [1.54, 1.807) is 12.1 Å². The van der Waals surface area contributed by atoms with E-state index in [0.717, 1.165) is 4.90 Å². The zero-order chi connectivity index (χ0) is 14.3.